The van der Waals surface area contributed by atoms with Gasteiger partial charge in [0.1, 0.15) is 5.82 Å². The standard InChI is InChI=1S/C17H16BrF3N4/c18-12-7-10(17(19,20)21)3-6-13(12)23-15-8-14(9-1-2-9)24-16(25-15)22-11-4-5-11/h3,6-9,11H,1-2,4-5H2,(H2,22,23,24,25). The van der Waals surface area contributed by atoms with Crippen molar-refractivity contribution in [3.05, 3.63) is 40.0 Å². The van der Waals surface area contributed by atoms with Crippen LogP contribution in [0.4, 0.5) is 30.6 Å². The van der Waals surface area contributed by atoms with Gasteiger partial charge in [0, 0.05) is 22.5 Å². The summed E-state index contributed by atoms with van der Waals surface area (Å²) in [5.41, 5.74) is 0.817. The molecule has 0 unspecified atom stereocenters. The van der Waals surface area contributed by atoms with Gasteiger partial charge in [-0.1, -0.05) is 0 Å². The van der Waals surface area contributed by atoms with E-state index in [1.807, 2.05) is 6.07 Å². The van der Waals surface area contributed by atoms with Crippen LogP contribution >= 0.6 is 15.9 Å². The fourth-order valence-electron chi connectivity index (χ4n) is 2.52. The monoisotopic (exact) mass is 412 g/mol. The minimum absolute atomic E-state index is 0.339. The molecule has 2 N–H and O–H groups in total. The summed E-state index contributed by atoms with van der Waals surface area (Å²) >= 11 is 3.20. The highest BCUT2D eigenvalue weighted by Gasteiger charge is 2.31. The first-order valence-electron chi connectivity index (χ1n) is 8.18. The van der Waals surface area contributed by atoms with E-state index in [1.165, 1.54) is 6.07 Å². The highest BCUT2D eigenvalue weighted by molar-refractivity contribution is 9.10. The zero-order chi connectivity index (χ0) is 17.6. The quantitative estimate of drug-likeness (QED) is 0.684. The zero-order valence-electron chi connectivity index (χ0n) is 13.2. The lowest BCUT2D eigenvalue weighted by Crippen LogP contribution is -2.09. The van der Waals surface area contributed by atoms with Crippen molar-refractivity contribution in [1.82, 2.24) is 9.97 Å². The molecule has 1 aromatic heterocycles. The minimum Gasteiger partial charge on any atom is -0.351 e. The second kappa shape index (κ2) is 6.16. The molecule has 2 aliphatic rings. The van der Waals surface area contributed by atoms with Gasteiger partial charge in [0.2, 0.25) is 5.95 Å². The van der Waals surface area contributed by atoms with Crippen LogP contribution in [0.2, 0.25) is 0 Å². The van der Waals surface area contributed by atoms with Crippen LogP contribution in [0.25, 0.3) is 0 Å². The lowest BCUT2D eigenvalue weighted by atomic mass is 10.2. The minimum atomic E-state index is -4.36. The number of halogens is 4. The van der Waals surface area contributed by atoms with Gasteiger partial charge in [-0.25, -0.2) is 4.98 Å². The van der Waals surface area contributed by atoms with Gasteiger partial charge in [-0.2, -0.15) is 18.2 Å². The van der Waals surface area contributed by atoms with Crippen LogP contribution in [0.3, 0.4) is 0 Å². The van der Waals surface area contributed by atoms with Gasteiger partial charge in [0.05, 0.1) is 16.9 Å². The Kier molecular flexibility index (Phi) is 4.10. The molecule has 132 valence electrons. The lowest BCUT2D eigenvalue weighted by molar-refractivity contribution is -0.137. The highest BCUT2D eigenvalue weighted by Crippen LogP contribution is 2.41. The van der Waals surface area contributed by atoms with E-state index in [4.69, 9.17) is 0 Å². The van der Waals surface area contributed by atoms with Crippen molar-refractivity contribution in [2.45, 2.75) is 43.8 Å². The van der Waals surface area contributed by atoms with Gasteiger partial charge in [0.15, 0.2) is 0 Å². The van der Waals surface area contributed by atoms with E-state index in [-0.39, 0.29) is 0 Å². The van der Waals surface area contributed by atoms with E-state index in [2.05, 4.69) is 36.5 Å². The first-order chi connectivity index (χ1) is 11.9. The molecule has 0 bridgehead atoms. The summed E-state index contributed by atoms with van der Waals surface area (Å²) in [6.45, 7) is 0. The third kappa shape index (κ3) is 4.05. The van der Waals surface area contributed by atoms with Gasteiger partial charge in [-0.3, -0.25) is 0 Å². The van der Waals surface area contributed by atoms with E-state index < -0.39 is 11.7 Å². The summed E-state index contributed by atoms with van der Waals surface area (Å²) in [4.78, 5) is 9.02. The first kappa shape index (κ1) is 16.6. The molecule has 0 saturated heterocycles. The summed E-state index contributed by atoms with van der Waals surface area (Å²) in [5.74, 6) is 1.62. The van der Waals surface area contributed by atoms with E-state index in [0.29, 0.717) is 33.9 Å². The number of nitrogens with one attached hydrogen (secondary N) is 2. The second-order valence-corrected chi connectivity index (χ2v) is 7.37. The Morgan fingerprint density at radius 3 is 2.40 bits per heavy atom. The van der Waals surface area contributed by atoms with Crippen molar-refractivity contribution in [3.8, 4) is 0 Å². The Bertz CT molecular complexity index is 801. The largest absolute Gasteiger partial charge is 0.416 e. The van der Waals surface area contributed by atoms with Crippen molar-refractivity contribution >= 4 is 33.4 Å². The SMILES string of the molecule is FC(F)(F)c1ccc(Nc2cc(C3CC3)nc(NC3CC3)n2)c(Br)c1. The van der Waals surface area contributed by atoms with Crippen LogP contribution in [-0.2, 0) is 6.18 Å². The van der Waals surface area contributed by atoms with Crippen molar-refractivity contribution in [2.75, 3.05) is 10.6 Å². The van der Waals surface area contributed by atoms with Crippen LogP contribution in [0, 0.1) is 0 Å². The summed E-state index contributed by atoms with van der Waals surface area (Å²) in [7, 11) is 0. The summed E-state index contributed by atoms with van der Waals surface area (Å²) < 4.78 is 38.7. The molecule has 2 aromatic rings. The summed E-state index contributed by atoms with van der Waals surface area (Å²) in [6.07, 6.45) is 0.0948. The molecule has 0 amide bonds. The zero-order valence-corrected chi connectivity index (χ0v) is 14.8. The molecule has 2 aliphatic carbocycles. The van der Waals surface area contributed by atoms with Crippen LogP contribution < -0.4 is 10.6 Å². The Morgan fingerprint density at radius 2 is 1.80 bits per heavy atom. The molecule has 0 spiro atoms. The third-order valence-corrected chi connectivity index (χ3v) is 4.87. The lowest BCUT2D eigenvalue weighted by Gasteiger charge is -2.13. The molecule has 2 fully saturated rings. The maximum atomic E-state index is 12.8. The Hall–Kier alpha value is -1.83. The Labute approximate surface area is 151 Å². The number of rotatable bonds is 5. The van der Waals surface area contributed by atoms with Crippen molar-refractivity contribution < 1.29 is 13.2 Å². The number of alkyl halides is 3. The molecule has 0 aliphatic heterocycles. The third-order valence-electron chi connectivity index (χ3n) is 4.21. The molecular formula is C17H16BrF3N4. The highest BCUT2D eigenvalue weighted by atomic mass is 79.9. The number of benzene rings is 1. The molecule has 8 heteroatoms. The molecule has 4 rings (SSSR count). The van der Waals surface area contributed by atoms with Gasteiger partial charge < -0.3 is 10.6 Å². The van der Waals surface area contributed by atoms with Crippen LogP contribution in [0.5, 0.6) is 0 Å². The van der Waals surface area contributed by atoms with Crippen molar-refractivity contribution in [1.29, 1.82) is 0 Å². The van der Waals surface area contributed by atoms with Crippen LogP contribution in [0.15, 0.2) is 28.7 Å². The number of hydrogen-bond donors (Lipinski definition) is 2. The molecule has 0 radical (unpaired) electrons. The molecule has 2 saturated carbocycles. The van der Waals surface area contributed by atoms with Gasteiger partial charge in [-0.15, -0.1) is 0 Å². The molecule has 0 atom stereocenters. The summed E-state index contributed by atoms with van der Waals surface area (Å²) in [5, 5.41) is 6.39. The van der Waals surface area contributed by atoms with E-state index >= 15 is 0 Å². The van der Waals surface area contributed by atoms with Gasteiger partial charge in [0.25, 0.3) is 0 Å². The predicted octanol–water partition coefficient (Wildman–Crippen LogP) is 5.45. The summed E-state index contributed by atoms with van der Waals surface area (Å²) in [6, 6.07) is 5.83. The number of hydrogen-bond acceptors (Lipinski definition) is 4. The normalized spacial score (nSPS) is 17.4. The molecule has 1 heterocycles. The molecule has 1 aromatic carbocycles. The van der Waals surface area contributed by atoms with Crippen LogP contribution in [-0.4, -0.2) is 16.0 Å². The second-order valence-electron chi connectivity index (χ2n) is 6.51. The fourth-order valence-corrected chi connectivity index (χ4v) is 3.00. The Balaban J connectivity index is 1.60. The first-order valence-corrected chi connectivity index (χ1v) is 8.97. The van der Waals surface area contributed by atoms with Crippen LogP contribution in [0.1, 0.15) is 42.9 Å². The van der Waals surface area contributed by atoms with E-state index in [1.54, 1.807) is 0 Å². The molecular weight excluding hydrogens is 397 g/mol. The predicted molar refractivity (Wildman–Crippen MR) is 93.1 cm³/mol. The fraction of sp³-hybridized carbons (Fsp3) is 0.412. The number of nitrogens with zero attached hydrogens (tertiary/aromatic N) is 2. The van der Waals surface area contributed by atoms with E-state index in [0.717, 1.165) is 43.5 Å². The maximum Gasteiger partial charge on any atom is 0.416 e. The van der Waals surface area contributed by atoms with E-state index in [9.17, 15) is 13.2 Å². The molecule has 4 nitrogen and oxygen atoms in total. The van der Waals surface area contributed by atoms with Gasteiger partial charge >= 0.3 is 6.18 Å². The van der Waals surface area contributed by atoms with Gasteiger partial charge in [-0.05, 0) is 59.8 Å². The van der Waals surface area contributed by atoms with Crippen molar-refractivity contribution in [2.24, 2.45) is 0 Å². The maximum absolute atomic E-state index is 12.8. The number of aromatic nitrogens is 2. The average molecular weight is 413 g/mol. The number of anilines is 3. The topological polar surface area (TPSA) is 49.8 Å². The Morgan fingerprint density at radius 1 is 1.04 bits per heavy atom. The van der Waals surface area contributed by atoms with Crippen molar-refractivity contribution in [3.63, 3.8) is 0 Å². The smallest absolute Gasteiger partial charge is 0.351 e. The molecule has 25 heavy (non-hydrogen) atoms. The average Bonchev–Trinajstić information content (AvgIpc) is 3.42.